The van der Waals surface area contributed by atoms with E-state index in [-0.39, 0.29) is 11.8 Å². The Hall–Kier alpha value is -3.93. The van der Waals surface area contributed by atoms with E-state index in [1.807, 2.05) is 68.6 Å². The molecule has 2 atom stereocenters. The van der Waals surface area contributed by atoms with Crippen molar-refractivity contribution in [3.8, 4) is 5.75 Å². The van der Waals surface area contributed by atoms with Gasteiger partial charge in [0.2, 0.25) is 12.3 Å². The topological polar surface area (TPSA) is 70.4 Å². The number of carbonyl (C=O) groups is 2. The van der Waals surface area contributed by atoms with Crippen LogP contribution in [-0.4, -0.2) is 35.9 Å². The number of amides is 2. The number of carbonyl (C=O) groups excluding carboxylic acids is 2. The van der Waals surface area contributed by atoms with Gasteiger partial charge in [0.1, 0.15) is 5.75 Å². The lowest BCUT2D eigenvalue weighted by Crippen LogP contribution is -2.42. The summed E-state index contributed by atoms with van der Waals surface area (Å²) < 4.78 is 6.93. The first-order chi connectivity index (χ1) is 15.4. The molecule has 4 rings (SSSR count). The molecule has 0 bridgehead atoms. The third-order valence-electron chi connectivity index (χ3n) is 5.56. The van der Waals surface area contributed by atoms with E-state index >= 15 is 0 Å². The number of nitrogens with one attached hydrogen (secondary N) is 2. The molecule has 1 fully saturated rings. The summed E-state index contributed by atoms with van der Waals surface area (Å²) in [4.78, 5) is 25.9. The van der Waals surface area contributed by atoms with Crippen LogP contribution in [0.15, 0.2) is 72.8 Å². The minimum Gasteiger partial charge on any atom is -0.497 e. The average Bonchev–Trinajstić information content (AvgIpc) is 3.10. The normalized spacial score (nSPS) is 19.0. The third kappa shape index (κ3) is 4.54. The molecule has 0 unspecified atom stereocenters. The maximum absolute atomic E-state index is 12.9. The Balaban J connectivity index is 1.67. The van der Waals surface area contributed by atoms with Gasteiger partial charge in [0.15, 0.2) is 6.04 Å². The van der Waals surface area contributed by atoms with Crippen molar-refractivity contribution < 1.29 is 19.0 Å². The Kier molecular flexibility index (Phi) is 6.03. The first-order valence-corrected chi connectivity index (χ1v) is 10.5. The summed E-state index contributed by atoms with van der Waals surface area (Å²) in [6.07, 6.45) is 1.89. The van der Waals surface area contributed by atoms with E-state index in [4.69, 9.17) is 4.74 Å². The van der Waals surface area contributed by atoms with Crippen molar-refractivity contribution in [3.05, 3.63) is 101 Å². The van der Waals surface area contributed by atoms with E-state index in [1.54, 1.807) is 36.1 Å². The van der Waals surface area contributed by atoms with Crippen LogP contribution in [0.3, 0.4) is 0 Å². The van der Waals surface area contributed by atoms with Gasteiger partial charge in [0, 0.05) is 16.7 Å². The second-order valence-electron chi connectivity index (χ2n) is 7.96. The number of ether oxygens (including phenoxy) is 1. The molecule has 3 aromatic rings. The van der Waals surface area contributed by atoms with Gasteiger partial charge >= 0.3 is 5.91 Å². The Morgan fingerprint density at radius 2 is 1.53 bits per heavy atom. The van der Waals surface area contributed by atoms with Crippen LogP contribution in [0.25, 0.3) is 0 Å². The molecule has 1 saturated heterocycles. The van der Waals surface area contributed by atoms with Crippen LogP contribution >= 0.6 is 0 Å². The lowest BCUT2D eigenvalue weighted by Gasteiger charge is -2.15. The fraction of sp³-hybridized carbons (Fsp3) is 0.192. The SMILES string of the molecule is COc1ccc(C(=O)N[C@H]2C(=O)N/[N+](=C\c3ccc(C)cc3)[C@@H]2c2ccc(C)cc2)cc1. The van der Waals surface area contributed by atoms with E-state index in [0.29, 0.717) is 11.3 Å². The van der Waals surface area contributed by atoms with Crippen LogP contribution in [-0.2, 0) is 4.79 Å². The Morgan fingerprint density at radius 3 is 2.12 bits per heavy atom. The van der Waals surface area contributed by atoms with Gasteiger partial charge in [-0.05, 0) is 50.2 Å². The van der Waals surface area contributed by atoms with Crippen LogP contribution in [0.5, 0.6) is 5.75 Å². The number of rotatable bonds is 5. The first-order valence-electron chi connectivity index (χ1n) is 10.5. The van der Waals surface area contributed by atoms with Crippen LogP contribution in [0.1, 0.15) is 38.7 Å². The number of methoxy groups -OCH3 is 1. The fourth-order valence-electron chi connectivity index (χ4n) is 3.72. The second kappa shape index (κ2) is 9.06. The smallest absolute Gasteiger partial charge is 0.304 e. The predicted octanol–water partition coefficient (Wildman–Crippen LogP) is 3.33. The zero-order valence-corrected chi connectivity index (χ0v) is 18.3. The number of hydrazone groups is 1. The Bertz CT molecular complexity index is 1150. The van der Waals surface area contributed by atoms with Crippen molar-refractivity contribution in [2.45, 2.75) is 25.9 Å². The van der Waals surface area contributed by atoms with E-state index in [0.717, 1.165) is 22.3 Å². The van der Waals surface area contributed by atoms with E-state index in [9.17, 15) is 9.59 Å². The lowest BCUT2D eigenvalue weighted by molar-refractivity contribution is -0.596. The highest BCUT2D eigenvalue weighted by Gasteiger charge is 2.47. The maximum atomic E-state index is 12.9. The molecule has 2 amide bonds. The summed E-state index contributed by atoms with van der Waals surface area (Å²) in [5.74, 6) is 0.0828. The number of hydrogen-bond acceptors (Lipinski definition) is 3. The summed E-state index contributed by atoms with van der Waals surface area (Å²) in [5, 5.41) is 2.92. The van der Waals surface area contributed by atoms with Gasteiger partial charge in [0.05, 0.1) is 7.11 Å². The number of hydrogen-bond donors (Lipinski definition) is 2. The number of hydrazine groups is 1. The largest absolute Gasteiger partial charge is 0.497 e. The molecule has 6 heteroatoms. The molecule has 3 aromatic carbocycles. The number of aryl methyl sites for hydroxylation is 2. The average molecular weight is 429 g/mol. The molecule has 1 heterocycles. The highest BCUT2D eigenvalue weighted by molar-refractivity contribution is 5.98. The summed E-state index contributed by atoms with van der Waals surface area (Å²) in [6, 6.07) is 21.7. The Morgan fingerprint density at radius 1 is 0.938 bits per heavy atom. The highest BCUT2D eigenvalue weighted by atomic mass is 16.5. The molecule has 0 saturated carbocycles. The van der Waals surface area contributed by atoms with Crippen molar-refractivity contribution in [3.63, 3.8) is 0 Å². The molecule has 1 aliphatic rings. The maximum Gasteiger partial charge on any atom is 0.304 e. The highest BCUT2D eigenvalue weighted by Crippen LogP contribution is 2.26. The Labute approximate surface area is 187 Å². The molecule has 0 radical (unpaired) electrons. The molecule has 0 aliphatic carbocycles. The van der Waals surface area contributed by atoms with Crippen molar-refractivity contribution in [1.29, 1.82) is 0 Å². The zero-order valence-electron chi connectivity index (χ0n) is 18.3. The van der Waals surface area contributed by atoms with Crippen LogP contribution in [0, 0.1) is 13.8 Å². The standard InChI is InChI=1S/C26H25N3O3/c1-17-4-8-19(9-5-17)16-29-24(20-10-6-18(2)7-11-20)23(26(31)28-29)27-25(30)21-12-14-22(32-3)15-13-21/h4-16,23-24H,1-3H3,(H-,27,28,30,31)/p+1/b29-16-/t23-,24-/m1/s1. The predicted molar refractivity (Wildman–Crippen MR) is 123 cm³/mol. The molecule has 2 N–H and O–H groups in total. The summed E-state index contributed by atoms with van der Waals surface area (Å²) in [6.45, 7) is 4.04. The van der Waals surface area contributed by atoms with Crippen molar-refractivity contribution in [1.82, 2.24) is 10.7 Å². The van der Waals surface area contributed by atoms with Gasteiger partial charge in [-0.25, -0.2) is 0 Å². The van der Waals surface area contributed by atoms with Gasteiger partial charge < -0.3 is 10.1 Å². The first kappa shape index (κ1) is 21.3. The van der Waals surface area contributed by atoms with Gasteiger partial charge in [-0.15, -0.1) is 10.1 Å². The zero-order chi connectivity index (χ0) is 22.7. The summed E-state index contributed by atoms with van der Waals surface area (Å²) >= 11 is 0. The minimum atomic E-state index is -0.756. The molecule has 162 valence electrons. The monoisotopic (exact) mass is 428 g/mol. The van der Waals surface area contributed by atoms with Crippen LogP contribution in [0.2, 0.25) is 0 Å². The van der Waals surface area contributed by atoms with Crippen molar-refractivity contribution >= 4 is 18.0 Å². The molecule has 6 nitrogen and oxygen atoms in total. The van der Waals surface area contributed by atoms with Gasteiger partial charge in [-0.1, -0.05) is 47.5 Å². The van der Waals surface area contributed by atoms with Crippen molar-refractivity contribution in [2.24, 2.45) is 0 Å². The summed E-state index contributed by atoms with van der Waals surface area (Å²) in [7, 11) is 1.57. The van der Waals surface area contributed by atoms with E-state index < -0.39 is 12.1 Å². The fourth-order valence-corrected chi connectivity index (χ4v) is 3.72. The molecule has 1 aliphatic heterocycles. The van der Waals surface area contributed by atoms with Crippen molar-refractivity contribution in [2.75, 3.05) is 7.11 Å². The van der Waals surface area contributed by atoms with E-state index in [2.05, 4.69) is 10.7 Å². The van der Waals surface area contributed by atoms with Gasteiger partial charge in [-0.3, -0.25) is 9.59 Å². The van der Waals surface area contributed by atoms with Gasteiger partial charge in [-0.2, -0.15) is 0 Å². The molecule has 32 heavy (non-hydrogen) atoms. The molecular formula is C26H26N3O3+. The summed E-state index contributed by atoms with van der Waals surface area (Å²) in [5.41, 5.74) is 7.54. The lowest BCUT2D eigenvalue weighted by atomic mass is 9.98. The minimum absolute atomic E-state index is 0.263. The third-order valence-corrected chi connectivity index (χ3v) is 5.56. The van der Waals surface area contributed by atoms with E-state index in [1.165, 1.54) is 0 Å². The molecular weight excluding hydrogens is 402 g/mol. The molecule has 0 spiro atoms. The number of benzene rings is 3. The second-order valence-corrected chi connectivity index (χ2v) is 7.96. The quantitative estimate of drug-likeness (QED) is 0.613. The van der Waals surface area contributed by atoms with Crippen LogP contribution in [0.4, 0.5) is 0 Å². The van der Waals surface area contributed by atoms with Crippen LogP contribution < -0.4 is 15.5 Å². The molecule has 0 aromatic heterocycles. The number of nitrogens with zero attached hydrogens (tertiary/aromatic N) is 1. The van der Waals surface area contributed by atoms with Gasteiger partial charge in [0.25, 0.3) is 5.91 Å².